The number of anilines is 2. The van der Waals surface area contributed by atoms with Gasteiger partial charge >= 0.3 is 0 Å². The molecule has 1 heterocycles. The lowest BCUT2D eigenvalue weighted by Gasteiger charge is -2.06. The predicted molar refractivity (Wildman–Crippen MR) is 71.4 cm³/mol. The summed E-state index contributed by atoms with van der Waals surface area (Å²) in [5.74, 6) is 0.623. The SMILES string of the molecule is N#Cc1ccnc(Nc2ccc(Cl)c(Br)c2)c1. The summed E-state index contributed by atoms with van der Waals surface area (Å²) < 4.78 is 0.806. The number of pyridine rings is 1. The minimum atomic E-state index is 0.565. The van der Waals surface area contributed by atoms with Crippen molar-refractivity contribution in [1.29, 1.82) is 5.26 Å². The highest BCUT2D eigenvalue weighted by Gasteiger charge is 2.01. The van der Waals surface area contributed by atoms with E-state index in [9.17, 15) is 0 Å². The van der Waals surface area contributed by atoms with Gasteiger partial charge in [-0.1, -0.05) is 11.6 Å². The monoisotopic (exact) mass is 307 g/mol. The van der Waals surface area contributed by atoms with Crippen molar-refractivity contribution >= 4 is 39.0 Å². The number of halogens is 2. The first-order valence-electron chi connectivity index (χ1n) is 4.77. The molecular weight excluding hydrogens is 302 g/mol. The number of aromatic nitrogens is 1. The molecule has 0 aliphatic rings. The van der Waals surface area contributed by atoms with Crippen molar-refractivity contribution in [1.82, 2.24) is 4.98 Å². The summed E-state index contributed by atoms with van der Waals surface area (Å²) in [5, 5.41) is 12.5. The first-order chi connectivity index (χ1) is 8.19. The molecular formula is C12H7BrClN3. The summed E-state index contributed by atoms with van der Waals surface area (Å²) in [6.07, 6.45) is 1.59. The van der Waals surface area contributed by atoms with E-state index in [1.54, 1.807) is 24.4 Å². The van der Waals surface area contributed by atoms with Crippen molar-refractivity contribution in [3.63, 3.8) is 0 Å². The van der Waals surface area contributed by atoms with E-state index in [0.29, 0.717) is 16.4 Å². The van der Waals surface area contributed by atoms with Gasteiger partial charge in [0.25, 0.3) is 0 Å². The van der Waals surface area contributed by atoms with E-state index in [1.165, 1.54) is 0 Å². The van der Waals surface area contributed by atoms with Crippen LogP contribution in [0, 0.1) is 11.3 Å². The van der Waals surface area contributed by atoms with E-state index in [0.717, 1.165) is 10.2 Å². The maximum absolute atomic E-state index is 8.78. The van der Waals surface area contributed by atoms with Crippen LogP contribution in [0.4, 0.5) is 11.5 Å². The Morgan fingerprint density at radius 2 is 2.12 bits per heavy atom. The number of hydrogen-bond donors (Lipinski definition) is 1. The summed E-state index contributed by atoms with van der Waals surface area (Å²) in [4.78, 5) is 4.12. The van der Waals surface area contributed by atoms with Crippen molar-refractivity contribution in [2.45, 2.75) is 0 Å². The third kappa shape index (κ3) is 2.96. The highest BCUT2D eigenvalue weighted by molar-refractivity contribution is 9.10. The van der Waals surface area contributed by atoms with Gasteiger partial charge in [-0.15, -0.1) is 0 Å². The third-order valence-electron chi connectivity index (χ3n) is 2.08. The second kappa shape index (κ2) is 5.17. The Bertz CT molecular complexity index is 593. The molecule has 17 heavy (non-hydrogen) atoms. The smallest absolute Gasteiger partial charge is 0.131 e. The van der Waals surface area contributed by atoms with Crippen LogP contribution in [0.2, 0.25) is 5.02 Å². The Labute approximate surface area is 112 Å². The molecule has 3 nitrogen and oxygen atoms in total. The van der Waals surface area contributed by atoms with Gasteiger partial charge in [-0.2, -0.15) is 5.26 Å². The third-order valence-corrected chi connectivity index (χ3v) is 3.29. The molecule has 0 bridgehead atoms. The summed E-state index contributed by atoms with van der Waals surface area (Å²) in [6.45, 7) is 0. The summed E-state index contributed by atoms with van der Waals surface area (Å²) in [6, 6.07) is 10.9. The number of benzene rings is 1. The van der Waals surface area contributed by atoms with Gasteiger partial charge in [-0.05, 0) is 46.3 Å². The van der Waals surface area contributed by atoms with Gasteiger partial charge in [0.15, 0.2) is 0 Å². The van der Waals surface area contributed by atoms with E-state index < -0.39 is 0 Å². The Morgan fingerprint density at radius 1 is 1.29 bits per heavy atom. The largest absolute Gasteiger partial charge is 0.340 e. The van der Waals surface area contributed by atoms with Gasteiger partial charge in [0.2, 0.25) is 0 Å². The van der Waals surface area contributed by atoms with Crippen LogP contribution in [0.1, 0.15) is 5.56 Å². The van der Waals surface area contributed by atoms with Gasteiger partial charge < -0.3 is 5.32 Å². The fourth-order valence-electron chi connectivity index (χ4n) is 1.29. The molecule has 1 aromatic carbocycles. The fourth-order valence-corrected chi connectivity index (χ4v) is 1.79. The molecule has 0 aliphatic heterocycles. The highest BCUT2D eigenvalue weighted by Crippen LogP contribution is 2.26. The maximum Gasteiger partial charge on any atom is 0.131 e. The number of hydrogen-bond acceptors (Lipinski definition) is 3. The molecule has 2 aromatic rings. The molecule has 1 N–H and O–H groups in total. The van der Waals surface area contributed by atoms with Crippen molar-refractivity contribution in [2.24, 2.45) is 0 Å². The van der Waals surface area contributed by atoms with E-state index in [-0.39, 0.29) is 0 Å². The molecule has 0 spiro atoms. The van der Waals surface area contributed by atoms with E-state index in [4.69, 9.17) is 16.9 Å². The zero-order valence-corrected chi connectivity index (χ0v) is 11.0. The van der Waals surface area contributed by atoms with E-state index >= 15 is 0 Å². The molecule has 2 rings (SSSR count). The Morgan fingerprint density at radius 3 is 2.82 bits per heavy atom. The van der Waals surface area contributed by atoms with Crippen LogP contribution in [0.25, 0.3) is 0 Å². The van der Waals surface area contributed by atoms with Crippen molar-refractivity contribution in [3.05, 3.63) is 51.6 Å². The average Bonchev–Trinajstić information content (AvgIpc) is 2.34. The van der Waals surface area contributed by atoms with Crippen molar-refractivity contribution < 1.29 is 0 Å². The lowest BCUT2D eigenvalue weighted by molar-refractivity contribution is 1.29. The molecule has 0 saturated heterocycles. The van der Waals surface area contributed by atoms with Gasteiger partial charge in [0.05, 0.1) is 16.7 Å². The molecule has 0 fully saturated rings. The van der Waals surface area contributed by atoms with Crippen LogP contribution in [-0.2, 0) is 0 Å². The normalized spacial score (nSPS) is 9.71. The second-order valence-electron chi connectivity index (χ2n) is 3.30. The first-order valence-corrected chi connectivity index (χ1v) is 5.94. The maximum atomic E-state index is 8.78. The van der Waals surface area contributed by atoms with Crippen LogP contribution in [0.3, 0.4) is 0 Å². The summed E-state index contributed by atoms with van der Waals surface area (Å²) >= 11 is 9.24. The van der Waals surface area contributed by atoms with Crippen LogP contribution in [0.15, 0.2) is 41.0 Å². The quantitative estimate of drug-likeness (QED) is 0.908. The Kier molecular flexibility index (Phi) is 3.62. The number of nitriles is 1. The molecule has 0 amide bonds. The molecule has 0 unspecified atom stereocenters. The van der Waals surface area contributed by atoms with Crippen LogP contribution in [-0.4, -0.2) is 4.98 Å². The van der Waals surface area contributed by atoms with Gasteiger partial charge in [-0.3, -0.25) is 0 Å². The summed E-state index contributed by atoms with van der Waals surface area (Å²) in [7, 11) is 0. The summed E-state index contributed by atoms with van der Waals surface area (Å²) in [5.41, 5.74) is 1.42. The van der Waals surface area contributed by atoms with E-state index in [2.05, 4.69) is 32.3 Å². The predicted octanol–water partition coefficient (Wildman–Crippen LogP) is 4.11. The standard InChI is InChI=1S/C12H7BrClN3/c13-10-6-9(1-2-11(10)14)17-12-5-8(7-15)3-4-16-12/h1-6H,(H,16,17). The van der Waals surface area contributed by atoms with Crippen LogP contribution >= 0.6 is 27.5 Å². The molecule has 0 radical (unpaired) electrons. The molecule has 0 aliphatic carbocycles. The molecule has 84 valence electrons. The van der Waals surface area contributed by atoms with Gasteiger partial charge in [0.1, 0.15) is 5.82 Å². The fraction of sp³-hybridized carbons (Fsp3) is 0. The van der Waals surface area contributed by atoms with Crippen LogP contribution in [0.5, 0.6) is 0 Å². The molecule has 0 atom stereocenters. The lowest BCUT2D eigenvalue weighted by atomic mass is 10.2. The topological polar surface area (TPSA) is 48.7 Å². The molecule has 5 heteroatoms. The molecule has 0 saturated carbocycles. The van der Waals surface area contributed by atoms with Gasteiger partial charge in [-0.25, -0.2) is 4.98 Å². The zero-order valence-electron chi connectivity index (χ0n) is 8.61. The lowest BCUT2D eigenvalue weighted by Crippen LogP contribution is -1.93. The molecule has 1 aromatic heterocycles. The first kappa shape index (κ1) is 11.9. The average molecular weight is 309 g/mol. The van der Waals surface area contributed by atoms with Gasteiger partial charge in [0, 0.05) is 16.4 Å². The zero-order chi connectivity index (χ0) is 12.3. The Balaban J connectivity index is 2.25. The second-order valence-corrected chi connectivity index (χ2v) is 4.56. The number of rotatable bonds is 2. The minimum Gasteiger partial charge on any atom is -0.340 e. The van der Waals surface area contributed by atoms with Crippen molar-refractivity contribution in [3.8, 4) is 6.07 Å². The number of nitrogens with zero attached hydrogens (tertiary/aromatic N) is 2. The van der Waals surface area contributed by atoms with Crippen LogP contribution < -0.4 is 5.32 Å². The number of nitrogens with one attached hydrogen (secondary N) is 1. The highest BCUT2D eigenvalue weighted by atomic mass is 79.9. The Hall–Kier alpha value is -1.57. The van der Waals surface area contributed by atoms with E-state index in [1.807, 2.05) is 12.1 Å². The van der Waals surface area contributed by atoms with Crippen molar-refractivity contribution in [2.75, 3.05) is 5.32 Å². The minimum absolute atomic E-state index is 0.565.